The molecule has 0 unspecified atom stereocenters. The van der Waals surface area contributed by atoms with Gasteiger partial charge in [-0.05, 0) is 24.6 Å². The minimum atomic E-state index is 0.442. The van der Waals surface area contributed by atoms with Gasteiger partial charge in [0.25, 0.3) is 0 Å². The van der Waals surface area contributed by atoms with E-state index in [4.69, 9.17) is 5.73 Å². The SMILES string of the molecule is CCc1nc(N)n(-c2cccc(C)c2)n1. The van der Waals surface area contributed by atoms with Crippen LogP contribution in [0, 0.1) is 6.92 Å². The summed E-state index contributed by atoms with van der Waals surface area (Å²) in [7, 11) is 0. The van der Waals surface area contributed by atoms with E-state index < -0.39 is 0 Å². The van der Waals surface area contributed by atoms with Crippen molar-refractivity contribution in [1.82, 2.24) is 14.8 Å². The highest BCUT2D eigenvalue weighted by atomic mass is 15.4. The van der Waals surface area contributed by atoms with Gasteiger partial charge in [-0.1, -0.05) is 19.1 Å². The number of hydrogen-bond donors (Lipinski definition) is 1. The third-order valence-corrected chi connectivity index (χ3v) is 2.24. The molecule has 78 valence electrons. The summed E-state index contributed by atoms with van der Waals surface area (Å²) in [6.07, 6.45) is 0.795. The predicted octanol–water partition coefficient (Wildman–Crippen LogP) is 1.72. The largest absolute Gasteiger partial charge is 0.368 e. The average molecular weight is 202 g/mol. The lowest BCUT2D eigenvalue weighted by molar-refractivity contribution is 0.845. The van der Waals surface area contributed by atoms with Crippen molar-refractivity contribution in [2.45, 2.75) is 20.3 Å². The van der Waals surface area contributed by atoms with Gasteiger partial charge in [0.2, 0.25) is 5.95 Å². The van der Waals surface area contributed by atoms with E-state index in [1.165, 1.54) is 5.56 Å². The highest BCUT2D eigenvalue weighted by molar-refractivity contribution is 5.39. The molecule has 4 heteroatoms. The summed E-state index contributed by atoms with van der Waals surface area (Å²) in [5, 5.41) is 4.32. The quantitative estimate of drug-likeness (QED) is 0.806. The molecule has 1 aromatic carbocycles. The van der Waals surface area contributed by atoms with Gasteiger partial charge in [0.05, 0.1) is 5.69 Å². The highest BCUT2D eigenvalue weighted by Gasteiger charge is 2.06. The predicted molar refractivity (Wildman–Crippen MR) is 59.9 cm³/mol. The summed E-state index contributed by atoms with van der Waals surface area (Å²) in [6.45, 7) is 4.05. The molecule has 0 aliphatic heterocycles. The third-order valence-electron chi connectivity index (χ3n) is 2.24. The number of aryl methyl sites for hydroxylation is 2. The minimum Gasteiger partial charge on any atom is -0.368 e. The summed E-state index contributed by atoms with van der Waals surface area (Å²) >= 11 is 0. The van der Waals surface area contributed by atoms with E-state index in [9.17, 15) is 0 Å². The van der Waals surface area contributed by atoms with Crippen molar-refractivity contribution in [2.75, 3.05) is 5.73 Å². The summed E-state index contributed by atoms with van der Waals surface area (Å²) < 4.78 is 1.67. The fourth-order valence-electron chi connectivity index (χ4n) is 1.47. The van der Waals surface area contributed by atoms with Gasteiger partial charge in [0.1, 0.15) is 0 Å². The number of benzene rings is 1. The molecule has 4 nitrogen and oxygen atoms in total. The molecule has 0 saturated carbocycles. The number of nitrogens with two attached hydrogens (primary N) is 1. The Morgan fingerprint density at radius 3 is 2.80 bits per heavy atom. The van der Waals surface area contributed by atoms with Crippen LogP contribution in [-0.4, -0.2) is 14.8 Å². The summed E-state index contributed by atoms with van der Waals surface area (Å²) in [4.78, 5) is 4.16. The maximum Gasteiger partial charge on any atom is 0.223 e. The van der Waals surface area contributed by atoms with Crippen molar-refractivity contribution in [1.29, 1.82) is 0 Å². The number of nitrogen functional groups attached to an aromatic ring is 1. The van der Waals surface area contributed by atoms with Gasteiger partial charge in [-0.2, -0.15) is 9.67 Å². The van der Waals surface area contributed by atoms with Crippen LogP contribution in [0.3, 0.4) is 0 Å². The highest BCUT2D eigenvalue weighted by Crippen LogP contribution is 2.12. The summed E-state index contributed by atoms with van der Waals surface area (Å²) in [6, 6.07) is 8.02. The Kier molecular flexibility index (Phi) is 2.41. The third kappa shape index (κ3) is 1.83. The van der Waals surface area contributed by atoms with Crippen molar-refractivity contribution in [3.63, 3.8) is 0 Å². The Labute approximate surface area is 88.8 Å². The Bertz CT molecular complexity index is 473. The van der Waals surface area contributed by atoms with Crippen LogP contribution in [-0.2, 0) is 6.42 Å². The molecular formula is C11H14N4. The van der Waals surface area contributed by atoms with Gasteiger partial charge in [-0.3, -0.25) is 0 Å². The lowest BCUT2D eigenvalue weighted by Crippen LogP contribution is -2.02. The van der Waals surface area contributed by atoms with Crippen molar-refractivity contribution >= 4 is 5.95 Å². The topological polar surface area (TPSA) is 56.7 Å². The van der Waals surface area contributed by atoms with Crippen LogP contribution >= 0.6 is 0 Å². The summed E-state index contributed by atoms with van der Waals surface area (Å²) in [5.41, 5.74) is 7.93. The van der Waals surface area contributed by atoms with E-state index in [-0.39, 0.29) is 0 Å². The molecule has 0 aliphatic carbocycles. The second-order valence-electron chi connectivity index (χ2n) is 3.49. The Balaban J connectivity index is 2.48. The molecule has 0 amide bonds. The Morgan fingerprint density at radius 1 is 1.40 bits per heavy atom. The monoisotopic (exact) mass is 202 g/mol. The summed E-state index contributed by atoms with van der Waals surface area (Å²) in [5.74, 6) is 1.21. The molecule has 15 heavy (non-hydrogen) atoms. The van der Waals surface area contributed by atoms with E-state index in [1.807, 2.05) is 38.1 Å². The van der Waals surface area contributed by atoms with Crippen LogP contribution in [0.5, 0.6) is 0 Å². The van der Waals surface area contributed by atoms with Crippen LogP contribution in [0.15, 0.2) is 24.3 Å². The molecule has 0 fully saturated rings. The molecule has 1 aromatic heterocycles. The minimum absolute atomic E-state index is 0.442. The number of aromatic nitrogens is 3. The van der Waals surface area contributed by atoms with Gasteiger partial charge in [0.15, 0.2) is 5.82 Å². The first-order valence-electron chi connectivity index (χ1n) is 4.99. The zero-order valence-electron chi connectivity index (χ0n) is 8.94. The second-order valence-corrected chi connectivity index (χ2v) is 3.49. The van der Waals surface area contributed by atoms with Crippen molar-refractivity contribution in [3.05, 3.63) is 35.7 Å². The molecule has 0 bridgehead atoms. The molecule has 1 heterocycles. The first-order valence-corrected chi connectivity index (χ1v) is 4.99. The average Bonchev–Trinajstić information content (AvgIpc) is 2.60. The zero-order chi connectivity index (χ0) is 10.8. The molecule has 0 radical (unpaired) electrons. The molecule has 0 saturated heterocycles. The first kappa shape index (κ1) is 9.71. The fourth-order valence-corrected chi connectivity index (χ4v) is 1.47. The van der Waals surface area contributed by atoms with Crippen LogP contribution in [0.2, 0.25) is 0 Å². The van der Waals surface area contributed by atoms with E-state index in [0.717, 1.165) is 17.9 Å². The van der Waals surface area contributed by atoms with E-state index in [1.54, 1.807) is 4.68 Å². The number of nitrogens with zero attached hydrogens (tertiary/aromatic N) is 3. The van der Waals surface area contributed by atoms with Crippen molar-refractivity contribution in [3.8, 4) is 5.69 Å². The number of hydrogen-bond acceptors (Lipinski definition) is 3. The molecule has 2 rings (SSSR count). The smallest absolute Gasteiger partial charge is 0.223 e. The maximum absolute atomic E-state index is 5.79. The lowest BCUT2D eigenvalue weighted by Gasteiger charge is -2.02. The fraction of sp³-hybridized carbons (Fsp3) is 0.273. The molecule has 0 spiro atoms. The van der Waals surface area contributed by atoms with Crippen LogP contribution in [0.4, 0.5) is 5.95 Å². The first-order chi connectivity index (χ1) is 7.20. The van der Waals surface area contributed by atoms with Gasteiger partial charge < -0.3 is 5.73 Å². The van der Waals surface area contributed by atoms with Gasteiger partial charge in [0, 0.05) is 6.42 Å². The normalized spacial score (nSPS) is 10.5. The van der Waals surface area contributed by atoms with Gasteiger partial charge in [-0.25, -0.2) is 0 Å². The van der Waals surface area contributed by atoms with Gasteiger partial charge >= 0.3 is 0 Å². The van der Waals surface area contributed by atoms with Crippen LogP contribution in [0.25, 0.3) is 5.69 Å². The van der Waals surface area contributed by atoms with Gasteiger partial charge in [-0.15, -0.1) is 5.10 Å². The number of rotatable bonds is 2. The molecule has 0 aliphatic rings. The van der Waals surface area contributed by atoms with Crippen LogP contribution < -0.4 is 5.73 Å². The molecule has 2 N–H and O–H groups in total. The Morgan fingerprint density at radius 2 is 2.20 bits per heavy atom. The maximum atomic E-state index is 5.79. The van der Waals surface area contributed by atoms with E-state index in [0.29, 0.717) is 5.95 Å². The second kappa shape index (κ2) is 3.73. The van der Waals surface area contributed by atoms with E-state index >= 15 is 0 Å². The molecular weight excluding hydrogens is 188 g/mol. The zero-order valence-corrected chi connectivity index (χ0v) is 8.94. The standard InChI is InChI=1S/C11H14N4/c1-3-10-13-11(12)15(14-10)9-6-4-5-8(2)7-9/h4-7H,3H2,1-2H3,(H2,12,13,14). The van der Waals surface area contributed by atoms with Crippen LogP contribution in [0.1, 0.15) is 18.3 Å². The number of anilines is 1. The van der Waals surface area contributed by atoms with Crippen molar-refractivity contribution < 1.29 is 0 Å². The molecule has 0 atom stereocenters. The van der Waals surface area contributed by atoms with E-state index in [2.05, 4.69) is 10.1 Å². The molecule has 2 aromatic rings. The Hall–Kier alpha value is -1.84. The van der Waals surface area contributed by atoms with Crippen molar-refractivity contribution in [2.24, 2.45) is 0 Å². The lowest BCUT2D eigenvalue weighted by atomic mass is 10.2.